The zero-order chi connectivity index (χ0) is 16.8. The third-order valence-electron chi connectivity index (χ3n) is 4.58. The number of hydrogen-bond acceptors (Lipinski definition) is 4. The molecule has 0 radical (unpaired) electrons. The van der Waals surface area contributed by atoms with E-state index in [4.69, 9.17) is 0 Å². The van der Waals surface area contributed by atoms with E-state index < -0.39 is 0 Å². The summed E-state index contributed by atoms with van der Waals surface area (Å²) in [5.41, 5.74) is 2.59. The first-order valence-corrected chi connectivity index (χ1v) is 8.67. The van der Waals surface area contributed by atoms with Crippen LogP contribution in [-0.2, 0) is 6.54 Å². The van der Waals surface area contributed by atoms with Gasteiger partial charge in [0.2, 0.25) is 0 Å². The maximum atomic E-state index is 12.8. The van der Waals surface area contributed by atoms with Gasteiger partial charge < -0.3 is 10.2 Å². The van der Waals surface area contributed by atoms with Crippen LogP contribution in [0.15, 0.2) is 42.9 Å². The second-order valence-corrected chi connectivity index (χ2v) is 6.20. The van der Waals surface area contributed by atoms with Crippen molar-refractivity contribution in [3.8, 4) is 0 Å². The van der Waals surface area contributed by atoms with Crippen LogP contribution in [0, 0.1) is 0 Å². The number of aromatic nitrogens is 2. The first kappa shape index (κ1) is 16.4. The third-order valence-corrected chi connectivity index (χ3v) is 4.58. The van der Waals surface area contributed by atoms with Crippen molar-refractivity contribution in [3.05, 3.63) is 54.1 Å². The molecule has 1 amide bonds. The van der Waals surface area contributed by atoms with Gasteiger partial charge in [-0.25, -0.2) is 0 Å². The zero-order valence-electron chi connectivity index (χ0n) is 14.1. The first-order valence-electron chi connectivity index (χ1n) is 8.67. The summed E-state index contributed by atoms with van der Waals surface area (Å²) in [6.45, 7) is 3.69. The second kappa shape index (κ2) is 7.90. The number of nitrogens with one attached hydrogen (secondary N) is 1. The van der Waals surface area contributed by atoms with E-state index in [1.165, 1.54) is 6.42 Å². The molecule has 1 saturated heterocycles. The molecule has 0 aliphatic carbocycles. The highest BCUT2D eigenvalue weighted by molar-refractivity contribution is 5.93. The minimum atomic E-state index is 0.0501. The molecule has 1 fully saturated rings. The van der Waals surface area contributed by atoms with Crippen LogP contribution in [0.25, 0.3) is 0 Å². The summed E-state index contributed by atoms with van der Waals surface area (Å²) in [4.78, 5) is 23.1. The van der Waals surface area contributed by atoms with Crippen LogP contribution in [0.1, 0.15) is 48.7 Å². The summed E-state index contributed by atoms with van der Waals surface area (Å²) >= 11 is 0. The standard InChI is InChI=1S/C19H24N4O/c1-2-17-5-3-4-12-23(17)19(24)18-13-16(8-11-21-18)22-14-15-6-9-20-10-7-15/h6-11,13,17H,2-5,12,14H2,1H3,(H,21,22). The van der Waals surface area contributed by atoms with Crippen LogP contribution < -0.4 is 5.32 Å². The van der Waals surface area contributed by atoms with Gasteiger partial charge in [-0.15, -0.1) is 0 Å². The average Bonchev–Trinajstić information content (AvgIpc) is 2.67. The number of pyridine rings is 2. The highest BCUT2D eigenvalue weighted by atomic mass is 16.2. The quantitative estimate of drug-likeness (QED) is 0.914. The predicted molar refractivity (Wildman–Crippen MR) is 94.8 cm³/mol. The zero-order valence-corrected chi connectivity index (χ0v) is 14.1. The fourth-order valence-corrected chi connectivity index (χ4v) is 3.20. The largest absolute Gasteiger partial charge is 0.381 e. The summed E-state index contributed by atoms with van der Waals surface area (Å²) in [6, 6.07) is 8.04. The fourth-order valence-electron chi connectivity index (χ4n) is 3.20. The Morgan fingerprint density at radius 2 is 2.08 bits per heavy atom. The van der Waals surface area contributed by atoms with Crippen molar-refractivity contribution in [2.45, 2.75) is 45.2 Å². The van der Waals surface area contributed by atoms with Crippen LogP contribution in [0.2, 0.25) is 0 Å². The Balaban J connectivity index is 1.69. The van der Waals surface area contributed by atoms with Gasteiger partial charge in [0.15, 0.2) is 0 Å². The predicted octanol–water partition coefficient (Wildman–Crippen LogP) is 3.49. The smallest absolute Gasteiger partial charge is 0.272 e. The number of amides is 1. The van der Waals surface area contributed by atoms with Crippen molar-refractivity contribution in [2.24, 2.45) is 0 Å². The van der Waals surface area contributed by atoms with Gasteiger partial charge >= 0.3 is 0 Å². The van der Waals surface area contributed by atoms with E-state index in [9.17, 15) is 4.79 Å². The Bertz CT molecular complexity index is 674. The van der Waals surface area contributed by atoms with E-state index in [0.717, 1.165) is 37.1 Å². The molecule has 126 valence electrons. The Morgan fingerprint density at radius 3 is 2.88 bits per heavy atom. The molecular formula is C19H24N4O. The summed E-state index contributed by atoms with van der Waals surface area (Å²) in [5.74, 6) is 0.0501. The lowest BCUT2D eigenvalue weighted by atomic mass is 9.99. The fraction of sp³-hybridized carbons (Fsp3) is 0.421. The number of anilines is 1. The highest BCUT2D eigenvalue weighted by Gasteiger charge is 2.26. The molecular weight excluding hydrogens is 300 g/mol. The number of likely N-dealkylation sites (tertiary alicyclic amines) is 1. The average molecular weight is 324 g/mol. The lowest BCUT2D eigenvalue weighted by Crippen LogP contribution is -2.43. The molecule has 5 heteroatoms. The van der Waals surface area contributed by atoms with Crippen molar-refractivity contribution in [1.82, 2.24) is 14.9 Å². The van der Waals surface area contributed by atoms with Crippen molar-refractivity contribution < 1.29 is 4.79 Å². The molecule has 1 atom stereocenters. The minimum absolute atomic E-state index is 0.0501. The van der Waals surface area contributed by atoms with Gasteiger partial charge in [-0.1, -0.05) is 6.92 Å². The Labute approximate surface area is 143 Å². The SMILES string of the molecule is CCC1CCCCN1C(=O)c1cc(NCc2ccncc2)ccn1. The van der Waals surface area contributed by atoms with Crippen molar-refractivity contribution in [1.29, 1.82) is 0 Å². The second-order valence-electron chi connectivity index (χ2n) is 6.20. The topological polar surface area (TPSA) is 58.1 Å². The van der Waals surface area contributed by atoms with Gasteiger partial charge in [0.05, 0.1) is 0 Å². The number of piperidine rings is 1. The Kier molecular flexibility index (Phi) is 5.41. The van der Waals surface area contributed by atoms with Gasteiger partial charge in [0.1, 0.15) is 5.69 Å². The van der Waals surface area contributed by atoms with E-state index >= 15 is 0 Å². The van der Waals surface area contributed by atoms with Gasteiger partial charge in [-0.2, -0.15) is 0 Å². The minimum Gasteiger partial charge on any atom is -0.381 e. The van der Waals surface area contributed by atoms with Gasteiger partial charge in [0, 0.05) is 43.4 Å². The molecule has 2 aromatic rings. The normalized spacial score (nSPS) is 17.5. The van der Waals surface area contributed by atoms with E-state index in [2.05, 4.69) is 22.2 Å². The molecule has 1 N–H and O–H groups in total. The van der Waals surface area contributed by atoms with E-state index in [-0.39, 0.29) is 5.91 Å². The third kappa shape index (κ3) is 3.91. The molecule has 0 saturated carbocycles. The molecule has 1 aliphatic rings. The summed E-state index contributed by atoms with van der Waals surface area (Å²) in [5, 5.41) is 3.35. The van der Waals surface area contributed by atoms with Crippen LogP contribution in [0.5, 0.6) is 0 Å². The molecule has 24 heavy (non-hydrogen) atoms. The van der Waals surface area contributed by atoms with E-state index in [0.29, 0.717) is 18.3 Å². The number of nitrogens with zero attached hydrogens (tertiary/aromatic N) is 3. The summed E-state index contributed by atoms with van der Waals surface area (Å²) in [7, 11) is 0. The molecule has 1 aliphatic heterocycles. The molecule has 0 spiro atoms. The molecule has 3 heterocycles. The van der Waals surface area contributed by atoms with Gasteiger partial charge in [0.25, 0.3) is 5.91 Å². The monoisotopic (exact) mass is 324 g/mol. The van der Waals surface area contributed by atoms with Gasteiger partial charge in [-0.05, 0) is 55.5 Å². The first-order chi connectivity index (χ1) is 11.8. The molecule has 0 aromatic carbocycles. The molecule has 3 rings (SSSR count). The van der Waals surface area contributed by atoms with Crippen LogP contribution >= 0.6 is 0 Å². The van der Waals surface area contributed by atoms with E-state index in [1.54, 1.807) is 18.6 Å². The lowest BCUT2D eigenvalue weighted by Gasteiger charge is -2.35. The van der Waals surface area contributed by atoms with Crippen molar-refractivity contribution >= 4 is 11.6 Å². The number of rotatable bonds is 5. The van der Waals surface area contributed by atoms with Crippen LogP contribution in [0.3, 0.4) is 0 Å². The van der Waals surface area contributed by atoms with E-state index in [1.807, 2.05) is 29.2 Å². The Hall–Kier alpha value is -2.43. The number of hydrogen-bond donors (Lipinski definition) is 1. The highest BCUT2D eigenvalue weighted by Crippen LogP contribution is 2.22. The maximum absolute atomic E-state index is 12.8. The molecule has 0 bridgehead atoms. The lowest BCUT2D eigenvalue weighted by molar-refractivity contribution is 0.0602. The van der Waals surface area contributed by atoms with Crippen LogP contribution in [0.4, 0.5) is 5.69 Å². The molecule has 1 unspecified atom stereocenters. The number of carbonyl (C=O) groups excluding carboxylic acids is 1. The Morgan fingerprint density at radius 1 is 1.25 bits per heavy atom. The summed E-state index contributed by atoms with van der Waals surface area (Å²) in [6.07, 6.45) is 9.66. The maximum Gasteiger partial charge on any atom is 0.272 e. The van der Waals surface area contributed by atoms with Gasteiger partial charge in [-0.3, -0.25) is 14.8 Å². The number of carbonyl (C=O) groups is 1. The van der Waals surface area contributed by atoms with Crippen LogP contribution in [-0.4, -0.2) is 33.4 Å². The molecule has 2 aromatic heterocycles. The van der Waals surface area contributed by atoms with Crippen molar-refractivity contribution in [3.63, 3.8) is 0 Å². The molecule has 5 nitrogen and oxygen atoms in total. The van der Waals surface area contributed by atoms with Crippen molar-refractivity contribution in [2.75, 3.05) is 11.9 Å². The summed E-state index contributed by atoms with van der Waals surface area (Å²) < 4.78 is 0.